The van der Waals surface area contributed by atoms with E-state index in [-0.39, 0.29) is 11.7 Å². The molecule has 142 valence electrons. The van der Waals surface area contributed by atoms with Gasteiger partial charge in [-0.05, 0) is 36.4 Å². The van der Waals surface area contributed by atoms with Crippen LogP contribution in [-0.4, -0.2) is 39.5 Å². The fourth-order valence-electron chi connectivity index (χ4n) is 2.16. The second kappa shape index (κ2) is 9.09. The number of esters is 1. The first-order valence-electron chi connectivity index (χ1n) is 7.78. The largest absolute Gasteiger partial charge is 0.493 e. The number of nitrogens with zero attached hydrogens (tertiary/aromatic N) is 1. The van der Waals surface area contributed by atoms with E-state index >= 15 is 0 Å². The van der Waals surface area contributed by atoms with Crippen LogP contribution in [0.2, 0.25) is 0 Å². The van der Waals surface area contributed by atoms with Crippen molar-refractivity contribution >= 4 is 18.1 Å². The third-order valence-corrected chi connectivity index (χ3v) is 3.43. The molecule has 9 nitrogen and oxygen atoms in total. The molecule has 27 heavy (non-hydrogen) atoms. The van der Waals surface area contributed by atoms with Crippen molar-refractivity contribution in [1.82, 2.24) is 0 Å². The summed E-state index contributed by atoms with van der Waals surface area (Å²) in [7, 11) is 4.47. The van der Waals surface area contributed by atoms with Gasteiger partial charge in [0.2, 0.25) is 6.21 Å². The van der Waals surface area contributed by atoms with E-state index < -0.39 is 5.97 Å². The van der Waals surface area contributed by atoms with Gasteiger partial charge in [-0.25, -0.2) is 4.79 Å². The normalized spacial score (nSPS) is 10.3. The van der Waals surface area contributed by atoms with E-state index in [9.17, 15) is 4.79 Å². The van der Waals surface area contributed by atoms with Crippen molar-refractivity contribution in [1.29, 1.82) is 0 Å². The van der Waals surface area contributed by atoms with E-state index in [1.807, 2.05) is 0 Å². The van der Waals surface area contributed by atoms with Gasteiger partial charge in [0.25, 0.3) is 5.96 Å². The summed E-state index contributed by atoms with van der Waals surface area (Å²) in [6.45, 7) is 0. The zero-order valence-electron chi connectivity index (χ0n) is 15.2. The lowest BCUT2D eigenvalue weighted by Gasteiger charge is -2.11. The van der Waals surface area contributed by atoms with Crippen LogP contribution in [0.3, 0.4) is 0 Å². The maximum absolute atomic E-state index is 12.4. The molecule has 0 spiro atoms. The van der Waals surface area contributed by atoms with Crippen LogP contribution >= 0.6 is 0 Å². The van der Waals surface area contributed by atoms with Crippen LogP contribution in [0.1, 0.15) is 15.9 Å². The summed E-state index contributed by atoms with van der Waals surface area (Å²) in [5.74, 6) is 0.901. The number of guanidine groups is 1. The molecule has 0 aliphatic carbocycles. The lowest BCUT2D eigenvalue weighted by atomic mass is 10.2. The molecule has 2 aromatic rings. The Hall–Kier alpha value is -3.75. The van der Waals surface area contributed by atoms with Crippen molar-refractivity contribution in [2.45, 2.75) is 0 Å². The van der Waals surface area contributed by atoms with E-state index in [0.717, 1.165) is 0 Å². The number of hydrazone groups is 1. The van der Waals surface area contributed by atoms with Crippen LogP contribution in [0.25, 0.3) is 0 Å². The fourth-order valence-corrected chi connectivity index (χ4v) is 2.16. The molecule has 0 saturated carbocycles. The Bertz CT molecular complexity index is 876. The number of nitrogens with one attached hydrogen (secondary N) is 1. The summed E-state index contributed by atoms with van der Waals surface area (Å²) in [4.78, 5) is 12.4. The summed E-state index contributed by atoms with van der Waals surface area (Å²) in [6.07, 6.45) is 1.56. The van der Waals surface area contributed by atoms with Crippen molar-refractivity contribution in [2.75, 3.05) is 21.3 Å². The predicted octanol–water partition coefficient (Wildman–Crippen LogP) is -0.380. The van der Waals surface area contributed by atoms with E-state index in [1.54, 1.807) is 36.5 Å². The minimum Gasteiger partial charge on any atom is -0.493 e. The number of hydrogen-bond acceptors (Lipinski definition) is 6. The molecule has 0 aliphatic heterocycles. The topological polar surface area (TPSA) is 132 Å². The second-order valence-electron chi connectivity index (χ2n) is 5.18. The second-order valence-corrected chi connectivity index (χ2v) is 5.18. The smallest absolute Gasteiger partial charge is 0.343 e. The molecule has 0 amide bonds. The number of ether oxygens (including phenoxy) is 4. The van der Waals surface area contributed by atoms with E-state index in [2.05, 4.69) is 10.2 Å². The van der Waals surface area contributed by atoms with Crippen LogP contribution in [-0.2, 0) is 0 Å². The SMILES string of the molecule is COc1ccc(C(=O)Oc2ccc(/C=[NH+]\N=C(N)N)cc2OC)cc1OC. The van der Waals surface area contributed by atoms with Gasteiger partial charge in [0.1, 0.15) is 0 Å². The summed E-state index contributed by atoms with van der Waals surface area (Å²) in [5.41, 5.74) is 11.5. The number of rotatable bonds is 7. The predicted molar refractivity (Wildman–Crippen MR) is 99.4 cm³/mol. The lowest BCUT2D eigenvalue weighted by molar-refractivity contribution is -0.456. The van der Waals surface area contributed by atoms with Gasteiger partial charge in [-0.1, -0.05) is 0 Å². The minimum atomic E-state index is -0.565. The fraction of sp³-hybridized carbons (Fsp3) is 0.167. The Balaban J connectivity index is 2.22. The maximum Gasteiger partial charge on any atom is 0.343 e. The number of hydrogen-bond donors (Lipinski definition) is 3. The molecule has 0 atom stereocenters. The van der Waals surface area contributed by atoms with Crippen LogP contribution in [0.15, 0.2) is 41.5 Å². The Morgan fingerprint density at radius 1 is 0.926 bits per heavy atom. The first-order chi connectivity index (χ1) is 13.0. The Labute approximate surface area is 156 Å². The first kappa shape index (κ1) is 19.6. The van der Waals surface area contributed by atoms with Gasteiger partial charge >= 0.3 is 5.97 Å². The standard InChI is InChI=1S/C18H20N4O5/c1-24-13-7-5-12(9-16(13)26-3)17(23)27-14-6-4-11(8-15(14)25-2)10-21-22-18(19)20/h4-10H,1-3H3,(H4,19,20,22)/p+1/b21-10-. The summed E-state index contributed by atoms with van der Waals surface area (Å²) >= 11 is 0. The molecule has 0 heterocycles. The number of carbonyl (C=O) groups excluding carboxylic acids is 1. The Kier molecular flexibility index (Phi) is 6.59. The monoisotopic (exact) mass is 373 g/mol. The third kappa shape index (κ3) is 5.11. The average molecular weight is 373 g/mol. The average Bonchev–Trinajstić information content (AvgIpc) is 2.67. The van der Waals surface area contributed by atoms with Crippen LogP contribution < -0.4 is 35.5 Å². The van der Waals surface area contributed by atoms with Crippen LogP contribution in [0.4, 0.5) is 0 Å². The van der Waals surface area contributed by atoms with Gasteiger partial charge in [0, 0.05) is 10.7 Å². The molecule has 5 N–H and O–H groups in total. The molecule has 0 saturated heterocycles. The van der Waals surface area contributed by atoms with Gasteiger partial charge in [-0.15, -0.1) is 5.10 Å². The zero-order chi connectivity index (χ0) is 19.8. The molecular weight excluding hydrogens is 352 g/mol. The van der Waals surface area contributed by atoms with Gasteiger partial charge < -0.3 is 30.4 Å². The Morgan fingerprint density at radius 3 is 2.19 bits per heavy atom. The number of carbonyl (C=O) groups is 1. The molecule has 0 aromatic heterocycles. The van der Waals surface area contributed by atoms with Gasteiger partial charge in [-0.2, -0.15) is 0 Å². The summed E-state index contributed by atoms with van der Waals surface area (Å²) < 4.78 is 21.1. The Morgan fingerprint density at radius 2 is 1.56 bits per heavy atom. The molecule has 0 radical (unpaired) electrons. The van der Waals surface area contributed by atoms with Crippen molar-refractivity contribution < 1.29 is 28.8 Å². The minimum absolute atomic E-state index is 0.0984. The highest BCUT2D eigenvalue weighted by Gasteiger charge is 2.15. The summed E-state index contributed by atoms with van der Waals surface area (Å²) in [5, 5.41) is 6.22. The number of nitrogens with two attached hydrogens (primary N) is 2. The highest BCUT2D eigenvalue weighted by Crippen LogP contribution is 2.30. The van der Waals surface area contributed by atoms with Crippen molar-refractivity contribution in [3.63, 3.8) is 0 Å². The first-order valence-corrected chi connectivity index (χ1v) is 7.78. The number of benzene rings is 2. The molecular formula is C18H21N4O5+. The van der Waals surface area contributed by atoms with Gasteiger partial charge in [0.15, 0.2) is 23.0 Å². The number of methoxy groups -OCH3 is 3. The molecule has 2 aromatic carbocycles. The third-order valence-electron chi connectivity index (χ3n) is 3.43. The molecule has 0 bridgehead atoms. The van der Waals surface area contributed by atoms with Crippen LogP contribution in [0, 0.1) is 0 Å². The van der Waals surface area contributed by atoms with Crippen LogP contribution in [0.5, 0.6) is 23.0 Å². The quantitative estimate of drug-likeness (QED) is 0.198. The van der Waals surface area contributed by atoms with Gasteiger partial charge in [-0.3, -0.25) is 0 Å². The van der Waals surface area contributed by atoms with Gasteiger partial charge in [0.05, 0.1) is 26.9 Å². The lowest BCUT2D eigenvalue weighted by Crippen LogP contribution is -2.63. The zero-order valence-corrected chi connectivity index (χ0v) is 15.2. The van der Waals surface area contributed by atoms with E-state index in [4.69, 9.17) is 30.4 Å². The maximum atomic E-state index is 12.4. The van der Waals surface area contributed by atoms with E-state index in [1.165, 1.54) is 27.4 Å². The van der Waals surface area contributed by atoms with Crippen molar-refractivity contribution in [3.8, 4) is 23.0 Å². The summed E-state index contributed by atoms with van der Waals surface area (Å²) in [6, 6.07) is 9.70. The van der Waals surface area contributed by atoms with Crippen molar-refractivity contribution in [2.24, 2.45) is 16.6 Å². The molecule has 0 unspecified atom stereocenters. The molecule has 9 heteroatoms. The van der Waals surface area contributed by atoms with Crippen molar-refractivity contribution in [3.05, 3.63) is 47.5 Å². The van der Waals surface area contributed by atoms with E-state index in [0.29, 0.717) is 28.4 Å². The molecule has 0 fully saturated rings. The highest BCUT2D eigenvalue weighted by atomic mass is 16.6. The molecule has 2 rings (SSSR count). The highest BCUT2D eigenvalue weighted by molar-refractivity contribution is 5.92. The molecule has 0 aliphatic rings.